The highest BCUT2D eigenvalue weighted by Crippen LogP contribution is 2.29. The van der Waals surface area contributed by atoms with Crippen molar-refractivity contribution >= 4 is 52.8 Å². The summed E-state index contributed by atoms with van der Waals surface area (Å²) in [7, 11) is 1.33. The molecule has 77 heavy (non-hydrogen) atoms. The Balaban J connectivity index is 0.000000300. The number of esters is 2. The molecule has 0 bridgehead atoms. The normalized spacial score (nSPS) is 14.3. The van der Waals surface area contributed by atoms with Crippen LogP contribution in [0.4, 0.5) is 4.79 Å². The van der Waals surface area contributed by atoms with Crippen molar-refractivity contribution in [1.29, 1.82) is 0 Å². The number of fused-ring (bicyclic) bond motifs is 2. The minimum absolute atomic E-state index is 0.108. The molecule has 1 aliphatic heterocycles. The number of carbonyl (C=O) groups excluding carboxylic acids is 3. The summed E-state index contributed by atoms with van der Waals surface area (Å²) in [5.41, 5.74) is 4.98. The van der Waals surface area contributed by atoms with Gasteiger partial charge in [0.25, 0.3) is 0 Å². The number of methoxy groups -OCH3 is 1. The Morgan fingerprint density at radius 2 is 0.922 bits per heavy atom. The second-order valence-corrected chi connectivity index (χ2v) is 20.9. The lowest BCUT2D eigenvalue weighted by Crippen LogP contribution is -2.41. The molecule has 0 radical (unpaired) electrons. The van der Waals surface area contributed by atoms with Gasteiger partial charge in [0, 0.05) is 18.5 Å². The molecule has 0 N–H and O–H groups in total. The zero-order valence-corrected chi connectivity index (χ0v) is 46.7. The van der Waals surface area contributed by atoms with E-state index in [2.05, 4.69) is 0 Å². The summed E-state index contributed by atoms with van der Waals surface area (Å²) in [6, 6.07) is 35.1. The monoisotopic (exact) mass is 1130 g/mol. The van der Waals surface area contributed by atoms with Gasteiger partial charge in [0.15, 0.2) is 23.0 Å². The molecule has 1 aliphatic rings. The van der Waals surface area contributed by atoms with E-state index in [9.17, 15) is 14.4 Å². The van der Waals surface area contributed by atoms with Crippen LogP contribution in [0.3, 0.4) is 0 Å². The maximum Gasteiger partial charge on any atom is 0.410 e. The molecule has 19 heteroatoms. The highest BCUT2D eigenvalue weighted by atomic mass is 35.6. The minimum atomic E-state index is -1.75. The number of hydrogen-bond acceptors (Lipinski definition) is 15. The van der Waals surface area contributed by atoms with Crippen molar-refractivity contribution in [3.63, 3.8) is 0 Å². The number of nitrogens with zero attached hydrogens (tertiary/aromatic N) is 1. The summed E-state index contributed by atoms with van der Waals surface area (Å²) in [4.78, 5) is 38.8. The topological polar surface area (TPSA) is 165 Å². The predicted molar refractivity (Wildman–Crippen MR) is 293 cm³/mol. The van der Waals surface area contributed by atoms with Gasteiger partial charge in [-0.3, -0.25) is 0 Å². The van der Waals surface area contributed by atoms with Gasteiger partial charge in [0.1, 0.15) is 39.6 Å². The van der Waals surface area contributed by atoms with E-state index in [4.69, 9.17) is 91.6 Å². The number of benzene rings is 5. The number of para-hydroxylation sites is 4. The van der Waals surface area contributed by atoms with E-state index in [1.54, 1.807) is 36.4 Å². The number of carbonyl (C=O) groups is 3. The number of ether oxygens (including phenoxy) is 12. The van der Waals surface area contributed by atoms with Crippen molar-refractivity contribution in [2.24, 2.45) is 5.41 Å². The van der Waals surface area contributed by atoms with Crippen molar-refractivity contribution in [2.45, 2.75) is 51.2 Å². The van der Waals surface area contributed by atoms with Crippen LogP contribution in [0, 0.1) is 19.3 Å². The van der Waals surface area contributed by atoms with Crippen LogP contribution in [-0.4, -0.2) is 133 Å². The molecule has 0 fully saturated rings. The van der Waals surface area contributed by atoms with Gasteiger partial charge in [-0.05, 0) is 79.1 Å². The van der Waals surface area contributed by atoms with E-state index in [1.165, 1.54) is 12.0 Å². The molecule has 0 unspecified atom stereocenters. The Morgan fingerprint density at radius 3 is 1.36 bits per heavy atom. The summed E-state index contributed by atoms with van der Waals surface area (Å²) >= 11 is 17.4. The highest BCUT2D eigenvalue weighted by molar-refractivity contribution is 6.67. The van der Waals surface area contributed by atoms with E-state index in [-0.39, 0.29) is 19.7 Å². The quantitative estimate of drug-likeness (QED) is 0.0620. The summed E-state index contributed by atoms with van der Waals surface area (Å²) < 4.78 is 65.1. The zero-order chi connectivity index (χ0) is 55.3. The van der Waals surface area contributed by atoms with Gasteiger partial charge in [-0.2, -0.15) is 0 Å². The molecule has 16 nitrogen and oxygen atoms in total. The Bertz CT molecular complexity index is 2390. The second kappa shape index (κ2) is 33.5. The van der Waals surface area contributed by atoms with Crippen LogP contribution in [0.15, 0.2) is 115 Å². The fraction of sp³-hybridized carbons (Fsp3) is 0.431. The molecule has 0 aromatic heterocycles. The molecule has 418 valence electrons. The van der Waals surface area contributed by atoms with Crippen LogP contribution in [0.2, 0.25) is 0 Å². The Kier molecular flexibility index (Phi) is 27.0. The lowest BCUT2D eigenvalue weighted by molar-refractivity contribution is 0.0223. The van der Waals surface area contributed by atoms with Gasteiger partial charge >= 0.3 is 18.0 Å². The van der Waals surface area contributed by atoms with Crippen LogP contribution < -0.4 is 18.9 Å². The first kappa shape index (κ1) is 62.0. The smallest absolute Gasteiger partial charge is 0.410 e. The molecule has 1 amide bonds. The van der Waals surface area contributed by atoms with Crippen LogP contribution in [0.1, 0.15) is 62.4 Å². The molecule has 5 aromatic rings. The Hall–Kier alpha value is -5.82. The first-order valence-corrected chi connectivity index (χ1v) is 26.3. The van der Waals surface area contributed by atoms with E-state index in [0.29, 0.717) is 127 Å². The molecule has 6 rings (SSSR count). The van der Waals surface area contributed by atoms with Gasteiger partial charge in [-0.1, -0.05) is 127 Å². The standard InChI is InChI=1S/C34H38Cl3NO7.C24H32O8/c1-23-14-24(2)16-29(15-23)31(40)44-19-27-8-6-25(7-9-27)17-38(32(41)45-22-34(35,36)37)20-33(3,4)21-43-18-26-10-12-28(13-11-26)30(39)42-5;1-2-6-22-21(5-1)29-17-13-25-9-10-27-15-19-31-23-7-3-4-8-24(23)32-20-16-28-12-11-26-14-18-30-22/h6-16H,17-22H2,1-5H3;1-8H,9-20H2. The Labute approximate surface area is 466 Å². The SMILES string of the molecule is COC(=O)c1ccc(COCC(C)(C)CN(Cc2ccc(COC(=O)c3cc(C)cc(C)c3)cc2)C(=O)OCC(Cl)(Cl)Cl)cc1.c1ccc2c(c1)OCCOCCOCCOc1ccccc1OCCOCCOCCO2. The van der Waals surface area contributed by atoms with Crippen LogP contribution in [0.25, 0.3) is 0 Å². The molecular weight excluding hydrogens is 1060 g/mol. The predicted octanol–water partition coefficient (Wildman–Crippen LogP) is 11.0. The van der Waals surface area contributed by atoms with Crippen molar-refractivity contribution in [3.05, 3.63) is 154 Å². The summed E-state index contributed by atoms with van der Waals surface area (Å²) in [5.74, 6) is 1.93. The fourth-order valence-electron chi connectivity index (χ4n) is 7.43. The van der Waals surface area contributed by atoms with Gasteiger partial charge in [0.2, 0.25) is 3.79 Å². The van der Waals surface area contributed by atoms with E-state index < -0.39 is 33.8 Å². The van der Waals surface area contributed by atoms with Gasteiger partial charge in [-0.25, -0.2) is 14.4 Å². The van der Waals surface area contributed by atoms with Gasteiger partial charge in [-0.15, -0.1) is 0 Å². The lowest BCUT2D eigenvalue weighted by Gasteiger charge is -2.32. The summed E-state index contributed by atoms with van der Waals surface area (Å²) in [6.07, 6.45) is -0.640. The third kappa shape index (κ3) is 24.6. The molecule has 0 saturated carbocycles. The first-order chi connectivity index (χ1) is 37.1. The van der Waals surface area contributed by atoms with Crippen LogP contribution in [-0.2, 0) is 57.7 Å². The van der Waals surface area contributed by atoms with Crippen molar-refractivity contribution in [1.82, 2.24) is 4.90 Å². The average Bonchev–Trinajstić information content (AvgIpc) is 3.40. The number of amides is 1. The Morgan fingerprint density at radius 1 is 0.506 bits per heavy atom. The van der Waals surface area contributed by atoms with Crippen LogP contribution >= 0.6 is 34.8 Å². The van der Waals surface area contributed by atoms with Crippen molar-refractivity contribution in [2.75, 3.05) is 106 Å². The van der Waals surface area contributed by atoms with Gasteiger partial charge < -0.3 is 61.7 Å². The van der Waals surface area contributed by atoms with Crippen molar-refractivity contribution in [3.8, 4) is 23.0 Å². The molecule has 1 heterocycles. The molecule has 0 saturated heterocycles. The highest BCUT2D eigenvalue weighted by Gasteiger charge is 2.29. The third-order valence-corrected chi connectivity index (χ3v) is 11.3. The lowest BCUT2D eigenvalue weighted by atomic mass is 9.94. The molecular formula is C58H70Cl3NO15. The minimum Gasteiger partial charge on any atom is -0.487 e. The molecule has 0 atom stereocenters. The van der Waals surface area contributed by atoms with E-state index in [1.807, 2.05) is 107 Å². The zero-order valence-electron chi connectivity index (χ0n) is 44.4. The number of hydrogen-bond donors (Lipinski definition) is 0. The fourth-order valence-corrected chi connectivity index (χ4v) is 7.60. The molecule has 5 aromatic carbocycles. The van der Waals surface area contributed by atoms with Crippen molar-refractivity contribution < 1.29 is 71.2 Å². The molecule has 0 spiro atoms. The maximum atomic E-state index is 13.1. The van der Waals surface area contributed by atoms with E-state index in [0.717, 1.165) is 27.8 Å². The average molecular weight is 1130 g/mol. The van der Waals surface area contributed by atoms with Crippen LogP contribution in [0.5, 0.6) is 23.0 Å². The number of aryl methyl sites for hydroxylation is 2. The van der Waals surface area contributed by atoms with Gasteiger partial charge in [0.05, 0.1) is 84.3 Å². The third-order valence-electron chi connectivity index (χ3n) is 11.0. The largest absolute Gasteiger partial charge is 0.487 e. The number of alkyl halides is 3. The maximum absolute atomic E-state index is 13.1. The number of rotatable bonds is 13. The number of halogens is 3. The molecule has 0 aliphatic carbocycles. The first-order valence-electron chi connectivity index (χ1n) is 25.1. The second-order valence-electron chi connectivity index (χ2n) is 18.4. The summed E-state index contributed by atoms with van der Waals surface area (Å²) in [5, 5.41) is 0. The van der Waals surface area contributed by atoms with E-state index >= 15 is 0 Å². The summed E-state index contributed by atoms with van der Waals surface area (Å²) in [6.45, 7) is 14.1.